The van der Waals surface area contributed by atoms with Crippen LogP contribution in [0.1, 0.15) is 5.56 Å². The van der Waals surface area contributed by atoms with E-state index in [0.29, 0.717) is 36.8 Å². The number of hydrogen-bond donors (Lipinski definition) is 3. The molecule has 3 heterocycles. The minimum Gasteiger partial charge on any atom is -0.506 e. The number of hydrogen-bond acceptors (Lipinski definition) is 10. The van der Waals surface area contributed by atoms with Gasteiger partial charge in [-0.1, -0.05) is 35.8 Å². The molecule has 1 aromatic carbocycles. The lowest BCUT2D eigenvalue weighted by molar-refractivity contribution is -0.117. The maximum Gasteiger partial charge on any atom is 0.243 e. The summed E-state index contributed by atoms with van der Waals surface area (Å²) in [5, 5.41) is 16.5. The quantitative estimate of drug-likeness (QED) is 0.222. The molecule has 0 aliphatic carbocycles. The van der Waals surface area contributed by atoms with Crippen LogP contribution in [0.2, 0.25) is 10.0 Å². The molecule has 2 unspecified atom stereocenters. The first-order valence-electron chi connectivity index (χ1n) is 12.5. The highest BCUT2D eigenvalue weighted by atomic mass is 35.5. The molecular formula is C27H30Cl2N8O4. The Morgan fingerprint density at radius 1 is 1.24 bits per heavy atom. The van der Waals surface area contributed by atoms with E-state index in [1.54, 1.807) is 17.3 Å². The molecule has 2 aromatic heterocycles. The van der Waals surface area contributed by atoms with E-state index < -0.39 is 0 Å². The summed E-state index contributed by atoms with van der Waals surface area (Å²) in [6.45, 7) is 4.61. The van der Waals surface area contributed by atoms with Crippen LogP contribution in [0.25, 0.3) is 0 Å². The van der Waals surface area contributed by atoms with Crippen molar-refractivity contribution < 1.29 is 19.4 Å². The molecule has 1 saturated heterocycles. The summed E-state index contributed by atoms with van der Waals surface area (Å²) in [5.41, 5.74) is 0.675. The van der Waals surface area contributed by atoms with Gasteiger partial charge >= 0.3 is 0 Å². The SMILES string of the molecule is C=CC(=O)NC1CN(c2ccccn2)CC1Nc1ncc(CN(C=O)c2c(Cl)c(O)cc(OC)c2Cl)c(N(C)C)n1. The van der Waals surface area contributed by atoms with Crippen molar-refractivity contribution in [1.29, 1.82) is 0 Å². The van der Waals surface area contributed by atoms with Crippen molar-refractivity contribution >= 4 is 58.8 Å². The largest absolute Gasteiger partial charge is 0.506 e. The van der Waals surface area contributed by atoms with Crippen molar-refractivity contribution in [3.63, 3.8) is 0 Å². The third kappa shape index (κ3) is 6.55. The van der Waals surface area contributed by atoms with Crippen LogP contribution in [0, 0.1) is 0 Å². The zero-order chi connectivity index (χ0) is 29.7. The van der Waals surface area contributed by atoms with Gasteiger partial charge in [-0.15, -0.1) is 0 Å². The lowest BCUT2D eigenvalue weighted by Gasteiger charge is -2.25. The second-order valence-electron chi connectivity index (χ2n) is 9.41. The Bertz CT molecular complexity index is 1430. The molecule has 12 nitrogen and oxygen atoms in total. The van der Waals surface area contributed by atoms with Gasteiger partial charge in [-0.05, 0) is 18.2 Å². The number of phenols is 1. The van der Waals surface area contributed by atoms with Crippen LogP contribution in [-0.2, 0) is 16.1 Å². The first kappa shape index (κ1) is 29.7. The van der Waals surface area contributed by atoms with Crippen LogP contribution in [0.5, 0.6) is 11.5 Å². The number of aromatic nitrogens is 3. The number of nitrogens with one attached hydrogen (secondary N) is 2. The van der Waals surface area contributed by atoms with E-state index in [0.717, 1.165) is 5.82 Å². The van der Waals surface area contributed by atoms with Gasteiger partial charge in [0.2, 0.25) is 18.3 Å². The van der Waals surface area contributed by atoms with Crippen LogP contribution in [0.3, 0.4) is 0 Å². The minimum atomic E-state index is -0.287. The predicted molar refractivity (Wildman–Crippen MR) is 159 cm³/mol. The van der Waals surface area contributed by atoms with Gasteiger partial charge in [0.05, 0.1) is 31.4 Å². The second kappa shape index (κ2) is 12.9. The maximum atomic E-state index is 12.2. The summed E-state index contributed by atoms with van der Waals surface area (Å²) in [7, 11) is 5.01. The van der Waals surface area contributed by atoms with Crippen molar-refractivity contribution in [2.75, 3.05) is 54.3 Å². The fourth-order valence-corrected chi connectivity index (χ4v) is 5.18. The van der Waals surface area contributed by atoms with E-state index in [9.17, 15) is 14.7 Å². The molecule has 0 spiro atoms. The van der Waals surface area contributed by atoms with Crippen molar-refractivity contribution in [2.24, 2.45) is 0 Å². The third-order valence-corrected chi connectivity index (χ3v) is 7.22. The van der Waals surface area contributed by atoms with Crippen LogP contribution in [0.4, 0.5) is 23.3 Å². The molecular weight excluding hydrogens is 571 g/mol. The first-order chi connectivity index (χ1) is 19.7. The number of ether oxygens (including phenoxy) is 1. The number of aromatic hydroxyl groups is 1. The summed E-state index contributed by atoms with van der Waals surface area (Å²) in [4.78, 5) is 43.0. The third-order valence-electron chi connectivity index (χ3n) is 6.49. The van der Waals surface area contributed by atoms with E-state index >= 15 is 0 Å². The Balaban J connectivity index is 1.61. The van der Waals surface area contributed by atoms with Crippen molar-refractivity contribution in [2.45, 2.75) is 18.6 Å². The van der Waals surface area contributed by atoms with Crippen LogP contribution >= 0.6 is 23.2 Å². The number of nitrogens with zero attached hydrogens (tertiary/aromatic N) is 6. The molecule has 4 rings (SSSR count). The summed E-state index contributed by atoms with van der Waals surface area (Å²) in [6, 6.07) is 6.41. The highest BCUT2D eigenvalue weighted by molar-refractivity contribution is 6.41. The Morgan fingerprint density at radius 2 is 2.00 bits per heavy atom. The molecule has 0 saturated carbocycles. The van der Waals surface area contributed by atoms with Gasteiger partial charge in [0, 0.05) is 51.2 Å². The van der Waals surface area contributed by atoms with Gasteiger partial charge in [0.15, 0.2) is 0 Å². The summed E-state index contributed by atoms with van der Waals surface area (Å²) in [5.74, 6) is 1.23. The monoisotopic (exact) mass is 600 g/mol. The molecule has 2 atom stereocenters. The molecule has 3 aromatic rings. The zero-order valence-electron chi connectivity index (χ0n) is 22.7. The maximum absolute atomic E-state index is 12.2. The van der Waals surface area contributed by atoms with Gasteiger partial charge in [-0.3, -0.25) is 9.59 Å². The highest BCUT2D eigenvalue weighted by Crippen LogP contribution is 2.45. The topological polar surface area (TPSA) is 136 Å². The number of benzene rings is 1. The minimum absolute atomic E-state index is 0.00175. The Labute approximate surface area is 247 Å². The fraction of sp³-hybridized carbons (Fsp3) is 0.296. The Morgan fingerprint density at radius 3 is 2.63 bits per heavy atom. The normalized spacial score (nSPS) is 16.2. The van der Waals surface area contributed by atoms with E-state index in [-0.39, 0.29) is 51.8 Å². The van der Waals surface area contributed by atoms with Gasteiger partial charge in [-0.2, -0.15) is 4.98 Å². The van der Waals surface area contributed by atoms with Gasteiger partial charge in [-0.25, -0.2) is 9.97 Å². The smallest absolute Gasteiger partial charge is 0.243 e. The molecule has 2 amide bonds. The Kier molecular flexibility index (Phi) is 9.35. The molecule has 41 heavy (non-hydrogen) atoms. The molecule has 1 aliphatic rings. The van der Waals surface area contributed by atoms with Crippen molar-refractivity contribution in [3.05, 3.63) is 64.9 Å². The number of pyridine rings is 1. The number of carbonyl (C=O) groups is 2. The Hall–Kier alpha value is -4.29. The average molecular weight is 601 g/mol. The van der Waals surface area contributed by atoms with E-state index in [2.05, 4.69) is 32.1 Å². The summed E-state index contributed by atoms with van der Waals surface area (Å²) < 4.78 is 5.21. The summed E-state index contributed by atoms with van der Waals surface area (Å²) >= 11 is 12.8. The van der Waals surface area contributed by atoms with E-state index in [4.69, 9.17) is 32.9 Å². The van der Waals surface area contributed by atoms with Gasteiger partial charge in [0.25, 0.3) is 0 Å². The molecule has 216 valence electrons. The molecule has 3 N–H and O–H groups in total. The number of phenolic OH excluding ortho intramolecular Hbond substituents is 1. The van der Waals surface area contributed by atoms with Gasteiger partial charge < -0.3 is 35.2 Å². The number of rotatable bonds is 11. The number of methoxy groups -OCH3 is 1. The molecule has 1 fully saturated rings. The van der Waals surface area contributed by atoms with Crippen LogP contribution in [0.15, 0.2) is 49.3 Å². The lowest BCUT2D eigenvalue weighted by atomic mass is 10.1. The van der Waals surface area contributed by atoms with Crippen LogP contribution < -0.4 is 30.1 Å². The van der Waals surface area contributed by atoms with Crippen LogP contribution in [-0.4, -0.2) is 78.8 Å². The fourth-order valence-electron chi connectivity index (χ4n) is 4.54. The number of halogens is 2. The van der Waals surface area contributed by atoms with E-state index in [1.807, 2.05) is 32.3 Å². The number of carbonyl (C=O) groups excluding carboxylic acids is 2. The zero-order valence-corrected chi connectivity index (χ0v) is 24.2. The van der Waals surface area contributed by atoms with Gasteiger partial charge in [0.1, 0.15) is 33.2 Å². The van der Waals surface area contributed by atoms with Crippen molar-refractivity contribution in [3.8, 4) is 11.5 Å². The van der Waals surface area contributed by atoms with Crippen molar-refractivity contribution in [1.82, 2.24) is 20.3 Å². The number of amides is 2. The highest BCUT2D eigenvalue weighted by Gasteiger charge is 2.35. The molecule has 1 aliphatic heterocycles. The second-order valence-corrected chi connectivity index (χ2v) is 10.2. The molecule has 0 radical (unpaired) electrons. The molecule has 14 heteroatoms. The standard InChI is InChI=1S/C27H30Cl2N8O4/c1-5-22(40)32-17-13-36(21-8-6-7-9-30-21)14-18(17)33-27-31-11-16(26(34-27)35(2)3)12-37(15-38)25-23(28)19(39)10-20(41-4)24(25)29/h5-11,15,17-18,39H,1,12-14H2,2-4H3,(H,32,40)(H,31,33,34). The number of anilines is 4. The lowest BCUT2D eigenvalue weighted by Crippen LogP contribution is -2.45. The molecule has 0 bridgehead atoms. The van der Waals surface area contributed by atoms with E-state index in [1.165, 1.54) is 24.2 Å². The summed E-state index contributed by atoms with van der Waals surface area (Å²) in [6.07, 6.45) is 5.09. The first-order valence-corrected chi connectivity index (χ1v) is 13.3. The predicted octanol–water partition coefficient (Wildman–Crippen LogP) is 3.09. The average Bonchev–Trinajstić information content (AvgIpc) is 3.36.